The summed E-state index contributed by atoms with van der Waals surface area (Å²) in [6, 6.07) is 0. The Morgan fingerprint density at radius 3 is 2.66 bits per heavy atom. The smallest absolute Gasteiger partial charge is 0.189 e. The number of hydrogen-bond acceptors (Lipinski definition) is 11. The van der Waals surface area contributed by atoms with E-state index in [1.165, 1.54) is 0 Å². The molecule has 8 unspecified atom stereocenters. The van der Waals surface area contributed by atoms with E-state index < -0.39 is 37.3 Å². The van der Waals surface area contributed by atoms with Crippen LogP contribution in [0.4, 0.5) is 0 Å². The van der Waals surface area contributed by atoms with E-state index in [1.807, 2.05) is 0 Å². The molecule has 2 heterocycles. The summed E-state index contributed by atoms with van der Waals surface area (Å²) in [7, 11) is 1.65. The van der Waals surface area contributed by atoms with Gasteiger partial charge in [-0.2, -0.15) is 0 Å². The predicted octanol–water partition coefficient (Wildman–Crippen LogP) is -2.79. The summed E-state index contributed by atoms with van der Waals surface area (Å²) >= 11 is 0. The molecule has 1 aromatic rings. The Balaban J connectivity index is 1.41. The molecule has 12 heteroatoms. The van der Waals surface area contributed by atoms with E-state index in [0.29, 0.717) is 12.2 Å². The van der Waals surface area contributed by atoms with Crippen LogP contribution in [0, 0.1) is 11.8 Å². The number of aromatic nitrogens is 3. The molecule has 0 amide bonds. The molecule has 29 heavy (non-hydrogen) atoms. The molecule has 0 aromatic carbocycles. The zero-order valence-corrected chi connectivity index (χ0v) is 16.1. The number of rotatable bonds is 10. The maximum atomic E-state index is 9.89. The summed E-state index contributed by atoms with van der Waals surface area (Å²) in [5.74, 6) is 0.366. The highest BCUT2D eigenvalue weighted by Gasteiger charge is 2.44. The highest BCUT2D eigenvalue weighted by atomic mass is 16.8. The number of nitrogens with zero attached hydrogens (tertiary/aromatic N) is 3. The zero-order chi connectivity index (χ0) is 21.0. The number of aliphatic hydroxyl groups is 5. The van der Waals surface area contributed by atoms with Gasteiger partial charge >= 0.3 is 0 Å². The minimum atomic E-state index is -1.50. The molecule has 8 atom stereocenters. The number of aliphatic hydroxyl groups excluding tert-OH is 5. The van der Waals surface area contributed by atoms with Gasteiger partial charge in [-0.25, -0.2) is 0 Å². The Bertz CT molecular complexity index is 621. The third-order valence-electron chi connectivity index (χ3n) is 5.55. The second kappa shape index (κ2) is 10.2. The fraction of sp³-hybridized carbons (Fsp3) is 0.882. The lowest BCUT2D eigenvalue weighted by Crippen LogP contribution is -2.59. The molecule has 2 fully saturated rings. The third kappa shape index (κ3) is 5.10. The first-order chi connectivity index (χ1) is 14.0. The largest absolute Gasteiger partial charge is 0.396 e. The van der Waals surface area contributed by atoms with Crippen LogP contribution in [0.15, 0.2) is 6.20 Å². The highest BCUT2D eigenvalue weighted by Crippen LogP contribution is 2.37. The van der Waals surface area contributed by atoms with Crippen molar-refractivity contribution in [2.75, 3.05) is 27.1 Å². The van der Waals surface area contributed by atoms with E-state index in [2.05, 4.69) is 10.3 Å². The summed E-state index contributed by atoms with van der Waals surface area (Å²) in [6.45, 7) is -0.00481. The number of ether oxygens (including phenoxy) is 4. The van der Waals surface area contributed by atoms with Crippen molar-refractivity contribution in [2.45, 2.75) is 56.4 Å². The van der Waals surface area contributed by atoms with Gasteiger partial charge < -0.3 is 44.5 Å². The van der Waals surface area contributed by atoms with Crippen molar-refractivity contribution in [3.8, 4) is 0 Å². The molecule has 1 aliphatic carbocycles. The van der Waals surface area contributed by atoms with Gasteiger partial charge in [0.05, 0.1) is 25.5 Å². The Kier molecular flexibility index (Phi) is 7.90. The van der Waals surface area contributed by atoms with Gasteiger partial charge in [0.25, 0.3) is 0 Å². The first kappa shape index (κ1) is 22.5. The van der Waals surface area contributed by atoms with Gasteiger partial charge in [-0.05, 0) is 12.3 Å². The first-order valence-corrected chi connectivity index (χ1v) is 9.51. The molecule has 0 bridgehead atoms. The summed E-state index contributed by atoms with van der Waals surface area (Å²) in [4.78, 5) is 0. The van der Waals surface area contributed by atoms with E-state index in [-0.39, 0.29) is 37.9 Å². The van der Waals surface area contributed by atoms with Crippen LogP contribution >= 0.6 is 0 Å². The molecule has 166 valence electrons. The van der Waals surface area contributed by atoms with E-state index >= 15 is 0 Å². The lowest BCUT2D eigenvalue weighted by Gasteiger charge is -2.42. The third-order valence-corrected chi connectivity index (χ3v) is 5.55. The predicted molar refractivity (Wildman–Crippen MR) is 94.0 cm³/mol. The number of methoxy groups -OCH3 is 1. The van der Waals surface area contributed by atoms with Gasteiger partial charge in [0.2, 0.25) is 0 Å². The Labute approximate surface area is 167 Å². The van der Waals surface area contributed by atoms with E-state index in [0.717, 1.165) is 6.42 Å². The van der Waals surface area contributed by atoms with E-state index in [1.54, 1.807) is 18.0 Å². The van der Waals surface area contributed by atoms with Crippen LogP contribution in [0.25, 0.3) is 0 Å². The normalized spacial score (nSPS) is 37.4. The van der Waals surface area contributed by atoms with Crippen LogP contribution in [0.2, 0.25) is 0 Å². The summed E-state index contributed by atoms with van der Waals surface area (Å²) in [5, 5.41) is 55.9. The van der Waals surface area contributed by atoms with Gasteiger partial charge in [0.1, 0.15) is 30.1 Å². The Morgan fingerprint density at radius 2 is 1.97 bits per heavy atom. The summed E-state index contributed by atoms with van der Waals surface area (Å²) < 4.78 is 22.9. The van der Waals surface area contributed by atoms with E-state index in [4.69, 9.17) is 24.1 Å². The lowest BCUT2D eigenvalue weighted by molar-refractivity contribution is -0.317. The van der Waals surface area contributed by atoms with Crippen molar-refractivity contribution < 1.29 is 44.5 Å². The van der Waals surface area contributed by atoms with Crippen LogP contribution in [0.5, 0.6) is 0 Å². The molecular formula is C17H29N3O9. The first-order valence-electron chi connectivity index (χ1n) is 9.51. The molecule has 3 rings (SSSR count). The summed E-state index contributed by atoms with van der Waals surface area (Å²) in [5.41, 5.74) is 0.566. The average molecular weight is 419 g/mol. The molecular weight excluding hydrogens is 390 g/mol. The van der Waals surface area contributed by atoms with Crippen molar-refractivity contribution in [1.82, 2.24) is 15.0 Å². The van der Waals surface area contributed by atoms with Gasteiger partial charge in [-0.1, -0.05) is 5.21 Å². The van der Waals surface area contributed by atoms with Crippen molar-refractivity contribution in [1.29, 1.82) is 0 Å². The van der Waals surface area contributed by atoms with Crippen LogP contribution in [0.1, 0.15) is 12.1 Å². The molecule has 1 aromatic heterocycles. The average Bonchev–Trinajstić information content (AvgIpc) is 3.16. The Hall–Kier alpha value is -1.22. The van der Waals surface area contributed by atoms with Crippen LogP contribution in [-0.4, -0.2) is 104 Å². The second-order valence-electron chi connectivity index (χ2n) is 7.38. The summed E-state index contributed by atoms with van der Waals surface area (Å²) in [6.07, 6.45) is -4.05. The van der Waals surface area contributed by atoms with Crippen molar-refractivity contribution in [2.24, 2.45) is 11.8 Å². The number of hydrogen-bond donors (Lipinski definition) is 5. The minimum Gasteiger partial charge on any atom is -0.396 e. The lowest BCUT2D eigenvalue weighted by atomic mass is 9.71. The fourth-order valence-corrected chi connectivity index (χ4v) is 3.68. The molecule has 0 spiro atoms. The molecule has 1 saturated carbocycles. The standard InChI is InChI=1S/C17H29N3O9/c1-26-12-2-9(5-21)11(12)4-20-3-10(18-19-20)7-27-8-28-17-16(25)15(24)14(23)13(6-22)29-17/h3,9,11-17,21-25H,2,4-8H2,1H3. The van der Waals surface area contributed by atoms with Crippen molar-refractivity contribution >= 4 is 0 Å². The molecule has 0 radical (unpaired) electrons. The molecule has 2 aliphatic rings. The van der Waals surface area contributed by atoms with Gasteiger partial charge in [0.15, 0.2) is 13.1 Å². The van der Waals surface area contributed by atoms with Crippen LogP contribution in [-0.2, 0) is 32.1 Å². The minimum absolute atomic E-state index is 0.0965. The maximum absolute atomic E-state index is 9.89. The van der Waals surface area contributed by atoms with Crippen LogP contribution in [0.3, 0.4) is 0 Å². The quantitative estimate of drug-likeness (QED) is 0.196. The SMILES string of the molecule is COC1CC(CO)C1Cn1cc(COCOC2OC(CO)C(O)C(O)C2O)nn1. The van der Waals surface area contributed by atoms with Crippen molar-refractivity contribution in [3.63, 3.8) is 0 Å². The van der Waals surface area contributed by atoms with Crippen LogP contribution < -0.4 is 0 Å². The van der Waals surface area contributed by atoms with Gasteiger partial charge in [-0.15, -0.1) is 5.10 Å². The molecule has 12 nitrogen and oxygen atoms in total. The zero-order valence-electron chi connectivity index (χ0n) is 16.1. The fourth-order valence-electron chi connectivity index (χ4n) is 3.68. The second-order valence-corrected chi connectivity index (χ2v) is 7.38. The topological polar surface area (TPSA) is 169 Å². The molecule has 1 aliphatic heterocycles. The van der Waals surface area contributed by atoms with Gasteiger partial charge in [-0.3, -0.25) is 4.68 Å². The monoisotopic (exact) mass is 419 g/mol. The molecule has 1 saturated heterocycles. The highest BCUT2D eigenvalue weighted by molar-refractivity contribution is 4.94. The van der Waals surface area contributed by atoms with E-state index in [9.17, 15) is 20.4 Å². The van der Waals surface area contributed by atoms with Gasteiger partial charge in [0, 0.05) is 26.2 Å². The van der Waals surface area contributed by atoms with Crippen molar-refractivity contribution in [3.05, 3.63) is 11.9 Å². The maximum Gasteiger partial charge on any atom is 0.189 e. The molecule has 5 N–H and O–H groups in total. The Morgan fingerprint density at radius 1 is 1.17 bits per heavy atom.